The maximum absolute atomic E-state index is 10.8. The van der Waals surface area contributed by atoms with E-state index < -0.39 is 6.03 Å². The van der Waals surface area contributed by atoms with Crippen LogP contribution in [0.2, 0.25) is 0 Å². The number of rotatable bonds is 1. The summed E-state index contributed by atoms with van der Waals surface area (Å²) in [6, 6.07) is 7.83. The molecule has 3 N–H and O–H groups in total. The molecule has 1 fully saturated rings. The number of amides is 2. The van der Waals surface area contributed by atoms with E-state index in [0.29, 0.717) is 11.8 Å². The zero-order valence-corrected chi connectivity index (χ0v) is 10.9. The first-order chi connectivity index (χ1) is 9.25. The Morgan fingerprint density at radius 1 is 1.26 bits per heavy atom. The molecule has 0 aromatic heterocycles. The van der Waals surface area contributed by atoms with Gasteiger partial charge < -0.3 is 5.73 Å². The van der Waals surface area contributed by atoms with Crippen molar-refractivity contribution in [2.75, 3.05) is 0 Å². The zero-order valence-electron chi connectivity index (χ0n) is 10.9. The largest absolute Gasteiger partial charge is 0.350 e. The molecular formula is C15H19N3O. The third-order valence-corrected chi connectivity index (χ3v) is 4.34. The van der Waals surface area contributed by atoms with Crippen LogP contribution in [0.5, 0.6) is 0 Å². The molecule has 2 amide bonds. The van der Waals surface area contributed by atoms with E-state index in [1.54, 1.807) is 0 Å². The van der Waals surface area contributed by atoms with Gasteiger partial charge in [-0.25, -0.2) is 10.2 Å². The van der Waals surface area contributed by atoms with Gasteiger partial charge in [0.1, 0.15) is 0 Å². The summed E-state index contributed by atoms with van der Waals surface area (Å²) in [6.45, 7) is 0. The second-order valence-corrected chi connectivity index (χ2v) is 5.48. The van der Waals surface area contributed by atoms with Gasteiger partial charge in [0.25, 0.3) is 0 Å². The van der Waals surface area contributed by atoms with Gasteiger partial charge in [0, 0.05) is 5.56 Å². The number of urea groups is 1. The summed E-state index contributed by atoms with van der Waals surface area (Å²) in [5.41, 5.74) is 11.0. The molecule has 4 nitrogen and oxygen atoms in total. The van der Waals surface area contributed by atoms with Crippen molar-refractivity contribution in [1.29, 1.82) is 0 Å². The Bertz CT molecular complexity index is 524. The van der Waals surface area contributed by atoms with Crippen LogP contribution >= 0.6 is 0 Å². The lowest BCUT2D eigenvalue weighted by Gasteiger charge is -2.37. The summed E-state index contributed by atoms with van der Waals surface area (Å²) in [6.07, 6.45) is 6.11. The highest BCUT2D eigenvalue weighted by Gasteiger charge is 2.34. The zero-order chi connectivity index (χ0) is 13.2. The fourth-order valence-electron chi connectivity index (χ4n) is 3.53. The molecule has 0 radical (unpaired) electrons. The van der Waals surface area contributed by atoms with Crippen LogP contribution in [0.4, 0.5) is 4.79 Å². The number of fused-ring (bicyclic) bond motifs is 3. The van der Waals surface area contributed by atoms with Gasteiger partial charge in [0.05, 0.1) is 5.71 Å². The first-order valence-corrected chi connectivity index (χ1v) is 6.97. The third-order valence-electron chi connectivity index (χ3n) is 4.34. The number of hydrogen-bond donors (Lipinski definition) is 2. The lowest BCUT2D eigenvalue weighted by Crippen LogP contribution is -2.31. The van der Waals surface area contributed by atoms with Gasteiger partial charge in [-0.05, 0) is 36.7 Å². The van der Waals surface area contributed by atoms with E-state index in [1.165, 1.54) is 36.8 Å². The predicted molar refractivity (Wildman–Crippen MR) is 75.0 cm³/mol. The summed E-state index contributed by atoms with van der Waals surface area (Å²) in [4.78, 5) is 10.8. The van der Waals surface area contributed by atoms with Crippen LogP contribution in [0.25, 0.3) is 0 Å². The minimum Gasteiger partial charge on any atom is -0.350 e. The fourth-order valence-corrected chi connectivity index (χ4v) is 3.53. The van der Waals surface area contributed by atoms with Gasteiger partial charge in [-0.1, -0.05) is 37.1 Å². The Labute approximate surface area is 113 Å². The van der Waals surface area contributed by atoms with E-state index >= 15 is 0 Å². The van der Waals surface area contributed by atoms with Crippen molar-refractivity contribution in [3.05, 3.63) is 35.4 Å². The number of carbonyl (C=O) groups excluding carboxylic acids is 1. The standard InChI is InChI=1S/C15H19N3O/c16-15(19)18-17-14-9-10-5-1-2-6-11(10)12-7-3-4-8-13(12)14/h3-4,7-8,10-11H,1-2,5-6,9H2,(H3,16,18,19)/b17-14-/t10-,11+/m0/s1. The molecule has 100 valence electrons. The molecule has 0 spiro atoms. The molecule has 2 atom stereocenters. The first-order valence-electron chi connectivity index (χ1n) is 6.97. The third kappa shape index (κ3) is 2.35. The molecule has 2 aliphatic rings. The molecule has 0 unspecified atom stereocenters. The van der Waals surface area contributed by atoms with E-state index in [9.17, 15) is 4.79 Å². The number of benzene rings is 1. The van der Waals surface area contributed by atoms with E-state index in [0.717, 1.165) is 12.1 Å². The number of nitrogens with zero attached hydrogens (tertiary/aromatic N) is 1. The van der Waals surface area contributed by atoms with Crippen LogP contribution in [0.3, 0.4) is 0 Å². The number of nitrogens with two attached hydrogens (primary N) is 1. The van der Waals surface area contributed by atoms with Gasteiger partial charge in [-0.15, -0.1) is 0 Å². The molecule has 0 bridgehead atoms. The van der Waals surface area contributed by atoms with Gasteiger partial charge in [-0.3, -0.25) is 0 Å². The fraction of sp³-hybridized carbons (Fsp3) is 0.467. The number of hydrogen-bond acceptors (Lipinski definition) is 2. The van der Waals surface area contributed by atoms with E-state index in [4.69, 9.17) is 5.73 Å². The quantitative estimate of drug-likeness (QED) is 0.746. The Kier molecular flexibility index (Phi) is 3.23. The Hall–Kier alpha value is -1.84. The molecule has 3 rings (SSSR count). The van der Waals surface area contributed by atoms with E-state index in [-0.39, 0.29) is 0 Å². The van der Waals surface area contributed by atoms with Crippen LogP contribution in [-0.4, -0.2) is 11.7 Å². The molecule has 0 heterocycles. The number of nitrogens with one attached hydrogen (secondary N) is 1. The van der Waals surface area contributed by atoms with E-state index in [1.807, 2.05) is 6.07 Å². The topological polar surface area (TPSA) is 67.5 Å². The monoisotopic (exact) mass is 257 g/mol. The van der Waals surface area contributed by atoms with Crippen LogP contribution in [0, 0.1) is 5.92 Å². The van der Waals surface area contributed by atoms with Crippen molar-refractivity contribution in [3.8, 4) is 0 Å². The van der Waals surface area contributed by atoms with Crippen molar-refractivity contribution >= 4 is 11.7 Å². The SMILES string of the molecule is NC(=O)N/N=C1/C[C@@H]2CCCC[C@H]2c2ccccc21. The van der Waals surface area contributed by atoms with Crippen LogP contribution in [-0.2, 0) is 0 Å². The normalized spacial score (nSPS) is 27.5. The summed E-state index contributed by atoms with van der Waals surface area (Å²) < 4.78 is 0. The summed E-state index contributed by atoms with van der Waals surface area (Å²) in [7, 11) is 0. The van der Waals surface area contributed by atoms with Crippen molar-refractivity contribution in [1.82, 2.24) is 5.43 Å². The molecule has 4 heteroatoms. The Morgan fingerprint density at radius 3 is 2.89 bits per heavy atom. The van der Waals surface area contributed by atoms with Crippen molar-refractivity contribution in [3.63, 3.8) is 0 Å². The van der Waals surface area contributed by atoms with Crippen LogP contribution in [0.15, 0.2) is 29.4 Å². The first kappa shape index (κ1) is 12.2. The predicted octanol–water partition coefficient (Wildman–Crippen LogP) is 2.74. The highest BCUT2D eigenvalue weighted by Crippen LogP contribution is 2.44. The minimum absolute atomic E-state index is 0.601. The molecule has 1 saturated carbocycles. The van der Waals surface area contributed by atoms with E-state index in [2.05, 4.69) is 28.7 Å². The van der Waals surface area contributed by atoms with Crippen molar-refractivity contribution < 1.29 is 4.79 Å². The second kappa shape index (κ2) is 5.03. The maximum Gasteiger partial charge on any atom is 0.332 e. The van der Waals surface area contributed by atoms with Gasteiger partial charge in [-0.2, -0.15) is 5.10 Å². The lowest BCUT2D eigenvalue weighted by molar-refractivity contribution is 0.249. The number of primary amides is 1. The summed E-state index contributed by atoms with van der Waals surface area (Å²) >= 11 is 0. The summed E-state index contributed by atoms with van der Waals surface area (Å²) in [5.74, 6) is 1.33. The van der Waals surface area contributed by atoms with Crippen molar-refractivity contribution in [2.45, 2.75) is 38.0 Å². The van der Waals surface area contributed by atoms with Crippen molar-refractivity contribution in [2.24, 2.45) is 16.8 Å². The molecular weight excluding hydrogens is 238 g/mol. The number of hydrazone groups is 1. The Morgan fingerprint density at radius 2 is 2.05 bits per heavy atom. The average molecular weight is 257 g/mol. The average Bonchev–Trinajstić information content (AvgIpc) is 2.44. The smallest absolute Gasteiger partial charge is 0.332 e. The van der Waals surface area contributed by atoms with Gasteiger partial charge >= 0.3 is 6.03 Å². The molecule has 1 aromatic rings. The lowest BCUT2D eigenvalue weighted by atomic mass is 9.67. The highest BCUT2D eigenvalue weighted by molar-refractivity contribution is 6.03. The van der Waals surface area contributed by atoms with Gasteiger partial charge in [0.2, 0.25) is 0 Å². The maximum atomic E-state index is 10.8. The minimum atomic E-state index is -0.601. The molecule has 0 aliphatic heterocycles. The number of carbonyl (C=O) groups is 1. The molecule has 0 saturated heterocycles. The van der Waals surface area contributed by atoms with Gasteiger partial charge in [0.15, 0.2) is 0 Å². The Balaban J connectivity index is 1.98. The summed E-state index contributed by atoms with van der Waals surface area (Å²) in [5, 5.41) is 4.21. The second-order valence-electron chi connectivity index (χ2n) is 5.48. The van der Waals surface area contributed by atoms with Crippen LogP contribution < -0.4 is 11.2 Å². The highest BCUT2D eigenvalue weighted by atomic mass is 16.2. The van der Waals surface area contributed by atoms with Crippen LogP contribution in [0.1, 0.15) is 49.1 Å². The molecule has 1 aromatic carbocycles. The molecule has 2 aliphatic carbocycles. The molecule has 19 heavy (non-hydrogen) atoms.